The van der Waals surface area contributed by atoms with Gasteiger partial charge < -0.3 is 10.2 Å². The summed E-state index contributed by atoms with van der Waals surface area (Å²) in [5.74, 6) is 0.644. The van der Waals surface area contributed by atoms with E-state index >= 15 is 0 Å². The zero-order valence-corrected chi connectivity index (χ0v) is 13.8. The first-order valence-corrected chi connectivity index (χ1v) is 8.21. The highest BCUT2D eigenvalue weighted by atomic mass is 15.1. The van der Waals surface area contributed by atoms with E-state index in [0.29, 0.717) is 12.0 Å². The Morgan fingerprint density at radius 1 is 1.27 bits per heavy atom. The van der Waals surface area contributed by atoms with Gasteiger partial charge in [-0.25, -0.2) is 0 Å². The molecule has 0 bridgehead atoms. The zero-order chi connectivity index (χ0) is 15.5. The fourth-order valence-corrected chi connectivity index (χ4v) is 3.52. The highest BCUT2D eigenvalue weighted by molar-refractivity contribution is 5.80. The molecule has 0 fully saturated rings. The van der Waals surface area contributed by atoms with E-state index in [0.717, 1.165) is 19.4 Å². The van der Waals surface area contributed by atoms with Crippen LogP contribution in [0.2, 0.25) is 0 Å². The van der Waals surface area contributed by atoms with E-state index in [-0.39, 0.29) is 0 Å². The van der Waals surface area contributed by atoms with Crippen molar-refractivity contribution in [2.75, 3.05) is 26.0 Å². The first-order chi connectivity index (χ1) is 10.6. The minimum atomic E-state index is 0.410. The monoisotopic (exact) mass is 294 g/mol. The van der Waals surface area contributed by atoms with Gasteiger partial charge in [-0.15, -0.1) is 0 Å². The Hall–Kier alpha value is -1.80. The van der Waals surface area contributed by atoms with E-state index in [4.69, 9.17) is 0 Å². The lowest BCUT2D eigenvalue weighted by Crippen LogP contribution is -2.21. The van der Waals surface area contributed by atoms with Crippen LogP contribution in [0.3, 0.4) is 0 Å². The van der Waals surface area contributed by atoms with Crippen LogP contribution >= 0.6 is 0 Å². The Kier molecular flexibility index (Phi) is 4.49. The molecule has 2 unspecified atom stereocenters. The third-order valence-electron chi connectivity index (χ3n) is 4.39. The number of para-hydroxylation sites is 1. The van der Waals surface area contributed by atoms with Crippen molar-refractivity contribution in [3.63, 3.8) is 0 Å². The summed E-state index contributed by atoms with van der Waals surface area (Å²) >= 11 is 0. The first kappa shape index (κ1) is 15.1. The molecule has 1 aliphatic heterocycles. The van der Waals surface area contributed by atoms with Crippen LogP contribution in [0, 0.1) is 5.92 Å². The van der Waals surface area contributed by atoms with Gasteiger partial charge in [0.05, 0.1) is 6.04 Å². The summed E-state index contributed by atoms with van der Waals surface area (Å²) in [5.41, 5.74) is 5.50. The molecule has 2 nitrogen and oxygen atoms in total. The van der Waals surface area contributed by atoms with E-state index in [2.05, 4.69) is 79.8 Å². The van der Waals surface area contributed by atoms with Crippen molar-refractivity contribution in [3.05, 3.63) is 59.7 Å². The van der Waals surface area contributed by atoms with Gasteiger partial charge in [-0.05, 0) is 50.1 Å². The Bertz CT molecular complexity index is 622. The molecule has 1 heterocycles. The minimum absolute atomic E-state index is 0.410. The molecule has 0 amide bonds. The summed E-state index contributed by atoms with van der Waals surface area (Å²) in [5, 5.41) is 3.72. The van der Waals surface area contributed by atoms with Crippen LogP contribution in [0.4, 0.5) is 5.69 Å². The number of benzene rings is 1. The lowest BCUT2D eigenvalue weighted by Gasteiger charge is -2.20. The average molecular weight is 294 g/mol. The molecule has 2 heteroatoms. The van der Waals surface area contributed by atoms with Crippen LogP contribution < -0.4 is 5.32 Å². The summed E-state index contributed by atoms with van der Waals surface area (Å²) in [6.45, 7) is 3.46. The molecule has 0 saturated heterocycles. The number of anilines is 1. The smallest absolute Gasteiger partial charge is 0.0548 e. The van der Waals surface area contributed by atoms with Gasteiger partial charge in [0.15, 0.2) is 0 Å². The largest absolute Gasteiger partial charge is 0.377 e. The van der Waals surface area contributed by atoms with Gasteiger partial charge in [0.2, 0.25) is 0 Å². The number of nitrogens with one attached hydrogen (secondary N) is 1. The van der Waals surface area contributed by atoms with Crippen LogP contribution in [-0.4, -0.2) is 31.6 Å². The van der Waals surface area contributed by atoms with Crippen LogP contribution in [-0.2, 0) is 0 Å². The molecule has 3 rings (SSSR count). The number of nitrogens with zero attached hydrogens (tertiary/aromatic N) is 1. The highest BCUT2D eigenvalue weighted by Gasteiger charge is 2.21. The summed E-state index contributed by atoms with van der Waals surface area (Å²) in [4.78, 5) is 2.28. The van der Waals surface area contributed by atoms with Gasteiger partial charge in [-0.1, -0.05) is 49.4 Å². The Labute approximate surface area is 134 Å². The van der Waals surface area contributed by atoms with Gasteiger partial charge in [-0.3, -0.25) is 0 Å². The molecular formula is C20H26N2. The number of hydrogen-bond acceptors (Lipinski definition) is 2. The molecule has 1 N–H and O–H groups in total. The maximum absolute atomic E-state index is 3.72. The van der Waals surface area contributed by atoms with Crippen molar-refractivity contribution in [2.45, 2.75) is 25.8 Å². The number of hydrogen-bond donors (Lipinski definition) is 1. The molecule has 2 aliphatic rings. The minimum Gasteiger partial charge on any atom is -0.377 e. The summed E-state index contributed by atoms with van der Waals surface area (Å²) in [6.07, 6.45) is 11.3. The molecule has 22 heavy (non-hydrogen) atoms. The zero-order valence-electron chi connectivity index (χ0n) is 13.8. The summed E-state index contributed by atoms with van der Waals surface area (Å²) < 4.78 is 0. The predicted molar refractivity (Wildman–Crippen MR) is 96.0 cm³/mol. The molecule has 2 atom stereocenters. The quantitative estimate of drug-likeness (QED) is 0.888. The number of allylic oxidation sites excluding steroid dienone is 3. The second kappa shape index (κ2) is 6.53. The van der Waals surface area contributed by atoms with E-state index in [1.165, 1.54) is 22.4 Å². The Balaban J connectivity index is 1.94. The molecule has 1 aromatic carbocycles. The maximum Gasteiger partial charge on any atom is 0.0548 e. The molecule has 0 aromatic heterocycles. The predicted octanol–water partition coefficient (Wildman–Crippen LogP) is 4.34. The molecular weight excluding hydrogens is 268 g/mol. The SMILES string of the molecule is CC(CC1=CC2=CC=CCC2Nc2ccccc21)CN(C)C. The Morgan fingerprint density at radius 2 is 2.09 bits per heavy atom. The lowest BCUT2D eigenvalue weighted by molar-refractivity contribution is 0.343. The van der Waals surface area contributed by atoms with Gasteiger partial charge in [0, 0.05) is 17.8 Å². The normalized spacial score (nSPS) is 21.2. The second-order valence-electron chi connectivity index (χ2n) is 6.81. The van der Waals surface area contributed by atoms with Crippen molar-refractivity contribution in [1.29, 1.82) is 0 Å². The fraction of sp³-hybridized carbons (Fsp3) is 0.400. The average Bonchev–Trinajstić information content (AvgIpc) is 2.63. The topological polar surface area (TPSA) is 15.3 Å². The molecule has 116 valence electrons. The maximum atomic E-state index is 3.72. The second-order valence-corrected chi connectivity index (χ2v) is 6.81. The molecule has 1 aromatic rings. The van der Waals surface area contributed by atoms with Gasteiger partial charge >= 0.3 is 0 Å². The number of fused-ring (bicyclic) bond motifs is 2. The van der Waals surface area contributed by atoms with E-state index in [9.17, 15) is 0 Å². The summed E-state index contributed by atoms with van der Waals surface area (Å²) in [6, 6.07) is 9.14. The highest BCUT2D eigenvalue weighted by Crippen LogP contribution is 2.35. The van der Waals surface area contributed by atoms with E-state index in [1.54, 1.807) is 0 Å². The van der Waals surface area contributed by atoms with Gasteiger partial charge in [-0.2, -0.15) is 0 Å². The van der Waals surface area contributed by atoms with Crippen LogP contribution in [0.25, 0.3) is 5.57 Å². The van der Waals surface area contributed by atoms with Gasteiger partial charge in [0.1, 0.15) is 0 Å². The first-order valence-electron chi connectivity index (χ1n) is 8.21. The van der Waals surface area contributed by atoms with Crippen molar-refractivity contribution in [3.8, 4) is 0 Å². The standard InChI is InChI=1S/C20H26N2/c1-15(14-22(2)3)12-17-13-16-8-4-6-10-19(16)21-20-11-7-5-9-18(17)20/h4-9,11,13,15,19,21H,10,12,14H2,1-3H3. The van der Waals surface area contributed by atoms with E-state index in [1.807, 2.05) is 0 Å². The van der Waals surface area contributed by atoms with Crippen LogP contribution in [0.1, 0.15) is 25.3 Å². The Morgan fingerprint density at radius 3 is 2.91 bits per heavy atom. The van der Waals surface area contributed by atoms with E-state index < -0.39 is 0 Å². The molecule has 0 saturated carbocycles. The number of rotatable bonds is 4. The van der Waals surface area contributed by atoms with Crippen molar-refractivity contribution in [2.24, 2.45) is 5.92 Å². The van der Waals surface area contributed by atoms with Crippen molar-refractivity contribution >= 4 is 11.3 Å². The molecule has 1 aliphatic carbocycles. The summed E-state index contributed by atoms with van der Waals surface area (Å²) in [7, 11) is 4.30. The van der Waals surface area contributed by atoms with Crippen molar-refractivity contribution < 1.29 is 0 Å². The molecule has 0 spiro atoms. The van der Waals surface area contributed by atoms with Crippen LogP contribution in [0.15, 0.2) is 54.1 Å². The lowest BCUT2D eigenvalue weighted by atomic mass is 9.91. The van der Waals surface area contributed by atoms with Crippen molar-refractivity contribution in [1.82, 2.24) is 4.90 Å². The van der Waals surface area contributed by atoms with Gasteiger partial charge in [0.25, 0.3) is 0 Å². The third-order valence-corrected chi connectivity index (χ3v) is 4.39. The molecule has 0 radical (unpaired) electrons. The van der Waals surface area contributed by atoms with Crippen LogP contribution in [0.5, 0.6) is 0 Å². The fourth-order valence-electron chi connectivity index (χ4n) is 3.52. The third kappa shape index (κ3) is 3.33.